The number of nitro benzene ring substituents is 1. The molecule has 0 aliphatic carbocycles. The molecular weight excluding hydrogens is 664 g/mol. The van der Waals surface area contributed by atoms with Gasteiger partial charge in [0.15, 0.2) is 0 Å². The molecule has 3 aromatic heterocycles. The number of hydrogen-bond acceptors (Lipinski definition) is 11. The van der Waals surface area contributed by atoms with E-state index in [-0.39, 0.29) is 17.5 Å². The number of carbonyl (C=O) groups is 1. The highest BCUT2D eigenvalue weighted by atomic mass is 32.2. The van der Waals surface area contributed by atoms with Crippen molar-refractivity contribution in [3.63, 3.8) is 0 Å². The fourth-order valence-electron chi connectivity index (χ4n) is 5.09. The molecule has 4 aromatic rings. The minimum absolute atomic E-state index is 0.125. The highest BCUT2D eigenvalue weighted by Gasteiger charge is 2.30. The van der Waals surface area contributed by atoms with E-state index in [1.165, 1.54) is 24.3 Å². The number of imidazole rings is 1. The number of rotatable bonds is 16. The van der Waals surface area contributed by atoms with Crippen LogP contribution in [0.4, 0.5) is 10.5 Å². The van der Waals surface area contributed by atoms with Gasteiger partial charge in [0.05, 0.1) is 53.1 Å². The van der Waals surface area contributed by atoms with Gasteiger partial charge in [-0.1, -0.05) is 13.3 Å². The van der Waals surface area contributed by atoms with E-state index in [1.54, 1.807) is 25.7 Å². The lowest BCUT2D eigenvalue weighted by Crippen LogP contribution is -2.39. The fourth-order valence-corrected chi connectivity index (χ4v) is 6.43. The number of non-ortho nitro benzene ring substituents is 1. The van der Waals surface area contributed by atoms with Gasteiger partial charge in [0.2, 0.25) is 5.65 Å². The maximum absolute atomic E-state index is 13.3. The number of nitro groups is 1. The third-order valence-electron chi connectivity index (χ3n) is 7.72. The maximum atomic E-state index is 13.3. The zero-order valence-corrected chi connectivity index (χ0v) is 29.8. The number of methoxy groups -OCH3 is 1. The van der Waals surface area contributed by atoms with Crippen LogP contribution in [0, 0.1) is 21.4 Å². The monoisotopic (exact) mass is 706 g/mol. The van der Waals surface area contributed by atoms with E-state index in [4.69, 9.17) is 19.2 Å². The molecule has 2 unspecified atom stereocenters. The first-order chi connectivity index (χ1) is 23.9. The Labute approximate surface area is 293 Å². The standard InChI is InChI=1S/C34H42N8O7S/c1-7-41(50(46)34(3,4)5)23(2)28-19-27(30(47-6)21-37-28)29-22-40-17-16-36-31(40)32(39-29)48-18-10-8-9-11-24(20-35)38-33(43)49-26-14-12-25(13-15-26)42(44)45/h12-17,19,21-24H,7-11,18H2,1-6H3,(H,38,43)/t23-,24?,50?/m1/s1. The Bertz CT molecular complexity index is 1850. The van der Waals surface area contributed by atoms with Crippen LogP contribution < -0.4 is 19.5 Å². The minimum Gasteiger partial charge on any atom is -0.494 e. The fraction of sp³-hybridized carbons (Fsp3) is 0.441. The molecular formula is C34H42N8O7S. The van der Waals surface area contributed by atoms with Crippen molar-refractivity contribution in [2.75, 3.05) is 20.3 Å². The molecule has 16 heteroatoms. The van der Waals surface area contributed by atoms with E-state index in [2.05, 4.69) is 21.4 Å². The van der Waals surface area contributed by atoms with Crippen molar-refractivity contribution in [3.05, 3.63) is 70.9 Å². The number of aromatic nitrogens is 4. The predicted octanol–water partition coefficient (Wildman–Crippen LogP) is 6.17. The Morgan fingerprint density at radius 1 is 1.20 bits per heavy atom. The molecule has 266 valence electrons. The third kappa shape index (κ3) is 9.51. The van der Waals surface area contributed by atoms with Crippen LogP contribution >= 0.6 is 0 Å². The van der Waals surface area contributed by atoms with Gasteiger partial charge in [0.25, 0.3) is 11.6 Å². The molecule has 1 N–H and O–H groups in total. The zero-order valence-electron chi connectivity index (χ0n) is 29.0. The van der Waals surface area contributed by atoms with Gasteiger partial charge in [-0.2, -0.15) is 5.26 Å². The van der Waals surface area contributed by atoms with E-state index < -0.39 is 32.8 Å². The molecule has 0 bridgehead atoms. The molecule has 15 nitrogen and oxygen atoms in total. The van der Waals surface area contributed by atoms with Crippen LogP contribution in [0.15, 0.2) is 55.1 Å². The lowest BCUT2D eigenvalue weighted by atomic mass is 10.1. The molecule has 0 spiro atoms. The Morgan fingerprint density at radius 2 is 1.94 bits per heavy atom. The molecule has 4 rings (SSSR count). The predicted molar refractivity (Wildman–Crippen MR) is 187 cm³/mol. The largest absolute Gasteiger partial charge is 0.494 e. The summed E-state index contributed by atoms with van der Waals surface area (Å²) in [5, 5.41) is 22.8. The van der Waals surface area contributed by atoms with Crippen molar-refractivity contribution in [2.24, 2.45) is 0 Å². The van der Waals surface area contributed by atoms with Gasteiger partial charge in [-0.05, 0) is 65.2 Å². The van der Waals surface area contributed by atoms with Crippen molar-refractivity contribution in [2.45, 2.75) is 77.1 Å². The van der Waals surface area contributed by atoms with Gasteiger partial charge in [0, 0.05) is 42.8 Å². The number of ether oxygens (including phenoxy) is 3. The van der Waals surface area contributed by atoms with E-state index in [9.17, 15) is 24.4 Å². The second-order valence-corrected chi connectivity index (χ2v) is 14.5. The summed E-state index contributed by atoms with van der Waals surface area (Å²) in [6.07, 6.45) is 8.53. The van der Waals surface area contributed by atoms with Gasteiger partial charge >= 0.3 is 6.09 Å². The normalized spacial score (nSPS) is 13.3. The zero-order chi connectivity index (χ0) is 36.4. The van der Waals surface area contributed by atoms with Crippen LogP contribution in [0.2, 0.25) is 0 Å². The number of fused-ring (bicyclic) bond motifs is 1. The molecule has 0 saturated heterocycles. The lowest BCUT2D eigenvalue weighted by molar-refractivity contribution is -0.384. The number of pyridine rings is 1. The van der Waals surface area contributed by atoms with Crippen LogP contribution in [-0.4, -0.2) is 69.9 Å². The van der Waals surface area contributed by atoms with Crippen molar-refractivity contribution in [1.82, 2.24) is 29.0 Å². The van der Waals surface area contributed by atoms with Crippen molar-refractivity contribution in [1.29, 1.82) is 5.26 Å². The van der Waals surface area contributed by atoms with Crippen LogP contribution in [0.25, 0.3) is 16.9 Å². The van der Waals surface area contributed by atoms with E-state index in [0.717, 1.165) is 5.69 Å². The van der Waals surface area contributed by atoms with Crippen LogP contribution in [-0.2, 0) is 11.0 Å². The molecule has 0 fully saturated rings. The van der Waals surface area contributed by atoms with Crippen LogP contribution in [0.1, 0.15) is 72.0 Å². The first kappa shape index (κ1) is 37.7. The molecule has 3 atom stereocenters. The first-order valence-corrected chi connectivity index (χ1v) is 17.3. The second kappa shape index (κ2) is 17.0. The van der Waals surface area contributed by atoms with Gasteiger partial charge in [-0.3, -0.25) is 15.1 Å². The summed E-state index contributed by atoms with van der Waals surface area (Å²) < 4.78 is 33.5. The maximum Gasteiger partial charge on any atom is 0.413 e. The SMILES string of the molecule is CCN([C@H](C)c1cc(-c2cn3ccnc3c(OCCCCCC(C#N)NC(=O)Oc3ccc([N+](=O)[O-])cc3)n2)c(OC)cn1)S(=O)C(C)(C)C. The first-order valence-electron chi connectivity index (χ1n) is 16.2. The summed E-state index contributed by atoms with van der Waals surface area (Å²) in [6, 6.07) is 8.02. The summed E-state index contributed by atoms with van der Waals surface area (Å²) in [6.45, 7) is 10.7. The average molecular weight is 707 g/mol. The van der Waals surface area contributed by atoms with Crippen molar-refractivity contribution < 1.29 is 28.1 Å². The molecule has 50 heavy (non-hydrogen) atoms. The third-order valence-corrected chi connectivity index (χ3v) is 9.77. The number of unbranched alkanes of at least 4 members (excludes halogenated alkanes) is 2. The Balaban J connectivity index is 1.37. The number of hydrogen-bond donors (Lipinski definition) is 1. The molecule has 1 aromatic carbocycles. The van der Waals surface area contributed by atoms with Crippen LogP contribution in [0.3, 0.4) is 0 Å². The highest BCUT2D eigenvalue weighted by molar-refractivity contribution is 7.84. The number of benzene rings is 1. The van der Waals surface area contributed by atoms with Gasteiger partial charge in [-0.15, -0.1) is 0 Å². The smallest absolute Gasteiger partial charge is 0.413 e. The second-order valence-electron chi connectivity index (χ2n) is 12.3. The molecule has 3 heterocycles. The summed E-state index contributed by atoms with van der Waals surface area (Å²) in [5.74, 6) is 0.993. The summed E-state index contributed by atoms with van der Waals surface area (Å²) in [5.41, 5.74) is 2.43. The van der Waals surface area contributed by atoms with Gasteiger partial charge in [-0.25, -0.2) is 23.3 Å². The lowest BCUT2D eigenvalue weighted by Gasteiger charge is -2.32. The minimum atomic E-state index is -1.25. The summed E-state index contributed by atoms with van der Waals surface area (Å²) >= 11 is 0. The Morgan fingerprint density at radius 3 is 2.58 bits per heavy atom. The molecule has 0 aliphatic rings. The topological polar surface area (TPSA) is 187 Å². The highest BCUT2D eigenvalue weighted by Crippen LogP contribution is 2.34. The van der Waals surface area contributed by atoms with E-state index >= 15 is 0 Å². The van der Waals surface area contributed by atoms with E-state index in [0.29, 0.717) is 67.4 Å². The molecule has 0 saturated carbocycles. The van der Waals surface area contributed by atoms with Gasteiger partial charge < -0.3 is 23.9 Å². The quantitative estimate of drug-likeness (QED) is 0.0797. The summed E-state index contributed by atoms with van der Waals surface area (Å²) in [4.78, 5) is 36.3. The number of nitrogens with zero attached hydrogens (tertiary/aromatic N) is 7. The number of amides is 1. The molecule has 0 aliphatic heterocycles. The van der Waals surface area contributed by atoms with Crippen LogP contribution in [0.5, 0.6) is 17.4 Å². The average Bonchev–Trinajstić information content (AvgIpc) is 3.58. The van der Waals surface area contributed by atoms with Crippen molar-refractivity contribution in [3.8, 4) is 34.7 Å². The Hall–Kier alpha value is -5.14. The van der Waals surface area contributed by atoms with E-state index in [1.807, 2.05) is 55.6 Å². The number of carbonyl (C=O) groups excluding carboxylic acids is 1. The summed E-state index contributed by atoms with van der Waals surface area (Å²) in [7, 11) is 0.321. The molecule has 0 radical (unpaired) electrons. The van der Waals surface area contributed by atoms with Crippen molar-refractivity contribution >= 4 is 28.4 Å². The van der Waals surface area contributed by atoms with Gasteiger partial charge in [0.1, 0.15) is 28.5 Å². The number of nitrogens with one attached hydrogen (secondary N) is 1. The Kier molecular flexibility index (Phi) is 12.8. The number of nitriles is 1. The molecule has 1 amide bonds.